The second kappa shape index (κ2) is 7.66. The monoisotopic (exact) mass is 357 g/mol. The molecule has 26 heavy (non-hydrogen) atoms. The highest BCUT2D eigenvalue weighted by atomic mass is 16.5. The molecular formula is C20H23NO5. The maximum absolute atomic E-state index is 11.0. The Balaban J connectivity index is 2.02. The maximum Gasteiger partial charge on any atom is 0.161 e. The molecule has 6 nitrogen and oxygen atoms in total. The number of rotatable bonds is 6. The third-order valence-corrected chi connectivity index (χ3v) is 4.53. The summed E-state index contributed by atoms with van der Waals surface area (Å²) in [6.45, 7) is 0.613. The van der Waals surface area contributed by atoms with E-state index in [0.717, 1.165) is 17.5 Å². The van der Waals surface area contributed by atoms with E-state index in [4.69, 9.17) is 18.9 Å². The number of fused-ring (bicyclic) bond motifs is 1. The fourth-order valence-electron chi connectivity index (χ4n) is 3.16. The van der Waals surface area contributed by atoms with E-state index in [-0.39, 0.29) is 0 Å². The molecule has 6 heteroatoms. The van der Waals surface area contributed by atoms with Crippen LogP contribution in [0.15, 0.2) is 35.3 Å². The van der Waals surface area contributed by atoms with Crippen molar-refractivity contribution in [3.8, 4) is 23.0 Å². The van der Waals surface area contributed by atoms with Crippen LogP contribution in [0.2, 0.25) is 0 Å². The lowest BCUT2D eigenvalue weighted by molar-refractivity contribution is 0.246. The van der Waals surface area contributed by atoms with Gasteiger partial charge in [0.25, 0.3) is 0 Å². The number of benzene rings is 2. The Morgan fingerprint density at radius 3 is 2.12 bits per heavy atom. The Kier molecular flexibility index (Phi) is 5.32. The van der Waals surface area contributed by atoms with Crippen molar-refractivity contribution in [2.24, 2.45) is 4.99 Å². The number of aliphatic imine (C=N–C) groups is 1. The summed E-state index contributed by atoms with van der Waals surface area (Å²) < 4.78 is 21.4. The number of hydrogen-bond acceptors (Lipinski definition) is 6. The molecule has 0 saturated heterocycles. The molecule has 138 valence electrons. The minimum atomic E-state index is -0.882. The minimum Gasteiger partial charge on any atom is -0.493 e. The van der Waals surface area contributed by atoms with Crippen LogP contribution < -0.4 is 18.9 Å². The van der Waals surface area contributed by atoms with Gasteiger partial charge in [-0.15, -0.1) is 0 Å². The molecule has 0 spiro atoms. The van der Waals surface area contributed by atoms with Gasteiger partial charge in [-0.25, -0.2) is 0 Å². The third-order valence-electron chi connectivity index (χ3n) is 4.53. The largest absolute Gasteiger partial charge is 0.493 e. The number of aliphatic hydroxyl groups excluding tert-OH is 1. The first-order valence-corrected chi connectivity index (χ1v) is 8.32. The Bertz CT molecular complexity index is 831. The van der Waals surface area contributed by atoms with E-state index >= 15 is 0 Å². The van der Waals surface area contributed by atoms with Crippen molar-refractivity contribution in [2.45, 2.75) is 12.5 Å². The summed E-state index contributed by atoms with van der Waals surface area (Å²) in [5.74, 6) is 2.46. The summed E-state index contributed by atoms with van der Waals surface area (Å²) in [7, 11) is 6.35. The first-order valence-electron chi connectivity index (χ1n) is 8.32. The van der Waals surface area contributed by atoms with Crippen LogP contribution in [0.4, 0.5) is 0 Å². The van der Waals surface area contributed by atoms with E-state index in [1.807, 2.05) is 18.2 Å². The Labute approximate surface area is 153 Å². The quantitative estimate of drug-likeness (QED) is 0.861. The molecule has 0 aromatic heterocycles. The van der Waals surface area contributed by atoms with Crippen LogP contribution in [0.1, 0.15) is 22.8 Å². The van der Waals surface area contributed by atoms with Gasteiger partial charge in [0.05, 0.1) is 34.2 Å². The SMILES string of the molecule is COc1ccc(C(O)C2=NCCc3cc(OC)c(OC)cc32)cc1OC. The molecule has 1 N–H and O–H groups in total. The predicted molar refractivity (Wildman–Crippen MR) is 99.2 cm³/mol. The molecular weight excluding hydrogens is 334 g/mol. The molecule has 1 aliphatic heterocycles. The lowest BCUT2D eigenvalue weighted by Crippen LogP contribution is -2.20. The summed E-state index contributed by atoms with van der Waals surface area (Å²) in [5.41, 5.74) is 3.24. The lowest BCUT2D eigenvalue weighted by Gasteiger charge is -2.23. The lowest BCUT2D eigenvalue weighted by atomic mass is 9.91. The molecule has 2 aromatic carbocycles. The maximum atomic E-state index is 11.0. The zero-order valence-electron chi connectivity index (χ0n) is 15.4. The summed E-state index contributed by atoms with van der Waals surface area (Å²) in [6.07, 6.45) is -0.0929. The Morgan fingerprint density at radius 2 is 1.46 bits per heavy atom. The Morgan fingerprint density at radius 1 is 0.846 bits per heavy atom. The van der Waals surface area contributed by atoms with Crippen LogP contribution in [0.25, 0.3) is 0 Å². The molecule has 1 aliphatic rings. The van der Waals surface area contributed by atoms with Gasteiger partial charge in [-0.2, -0.15) is 0 Å². The zero-order chi connectivity index (χ0) is 18.7. The normalized spacial score (nSPS) is 14.1. The van der Waals surface area contributed by atoms with Crippen molar-refractivity contribution >= 4 is 5.71 Å². The van der Waals surface area contributed by atoms with Crippen LogP contribution in [-0.2, 0) is 6.42 Å². The van der Waals surface area contributed by atoms with Gasteiger partial charge in [0.2, 0.25) is 0 Å². The van der Waals surface area contributed by atoms with Gasteiger partial charge in [0.15, 0.2) is 23.0 Å². The second-order valence-electron chi connectivity index (χ2n) is 5.90. The number of methoxy groups -OCH3 is 4. The van der Waals surface area contributed by atoms with Crippen molar-refractivity contribution in [2.75, 3.05) is 35.0 Å². The fraction of sp³-hybridized carbons (Fsp3) is 0.350. The van der Waals surface area contributed by atoms with Crippen LogP contribution >= 0.6 is 0 Å². The highest BCUT2D eigenvalue weighted by Gasteiger charge is 2.25. The number of ether oxygens (including phenoxy) is 4. The smallest absolute Gasteiger partial charge is 0.161 e. The van der Waals surface area contributed by atoms with Gasteiger partial charge in [-0.1, -0.05) is 6.07 Å². The molecule has 0 bridgehead atoms. The van der Waals surface area contributed by atoms with Gasteiger partial charge in [-0.3, -0.25) is 4.99 Å². The molecule has 3 rings (SSSR count). The van der Waals surface area contributed by atoms with Crippen molar-refractivity contribution in [1.82, 2.24) is 0 Å². The standard InChI is InChI=1S/C20H23NO5/c1-23-15-6-5-13(10-16(15)24-2)20(22)19-14-11-18(26-4)17(25-3)9-12(14)7-8-21-19/h5-6,9-11,20,22H,7-8H2,1-4H3. The molecule has 1 unspecified atom stereocenters. The zero-order valence-corrected chi connectivity index (χ0v) is 15.4. The van der Waals surface area contributed by atoms with E-state index in [1.54, 1.807) is 40.6 Å². The van der Waals surface area contributed by atoms with Crippen molar-refractivity contribution < 1.29 is 24.1 Å². The van der Waals surface area contributed by atoms with Gasteiger partial charge in [0, 0.05) is 12.1 Å². The van der Waals surface area contributed by atoms with Gasteiger partial charge in [0.1, 0.15) is 6.10 Å². The van der Waals surface area contributed by atoms with Crippen molar-refractivity contribution in [3.05, 3.63) is 47.0 Å². The molecule has 0 radical (unpaired) electrons. The van der Waals surface area contributed by atoms with Crippen molar-refractivity contribution in [1.29, 1.82) is 0 Å². The molecule has 0 fully saturated rings. The van der Waals surface area contributed by atoms with E-state index in [1.165, 1.54) is 0 Å². The van der Waals surface area contributed by atoms with E-state index in [9.17, 15) is 5.11 Å². The first kappa shape index (κ1) is 18.1. The van der Waals surface area contributed by atoms with E-state index < -0.39 is 6.10 Å². The van der Waals surface area contributed by atoms with Gasteiger partial charge >= 0.3 is 0 Å². The molecule has 1 heterocycles. The van der Waals surface area contributed by atoms with Crippen LogP contribution in [0.5, 0.6) is 23.0 Å². The highest BCUT2D eigenvalue weighted by Crippen LogP contribution is 2.36. The molecule has 2 aromatic rings. The average molecular weight is 357 g/mol. The highest BCUT2D eigenvalue weighted by molar-refractivity contribution is 6.06. The van der Waals surface area contributed by atoms with E-state index in [2.05, 4.69) is 4.99 Å². The van der Waals surface area contributed by atoms with Gasteiger partial charge in [-0.05, 0) is 41.8 Å². The molecule has 0 saturated carbocycles. The fourth-order valence-corrected chi connectivity index (χ4v) is 3.16. The predicted octanol–water partition coefficient (Wildman–Crippen LogP) is 2.80. The van der Waals surface area contributed by atoms with Crippen LogP contribution in [-0.4, -0.2) is 45.8 Å². The van der Waals surface area contributed by atoms with Crippen molar-refractivity contribution in [3.63, 3.8) is 0 Å². The van der Waals surface area contributed by atoms with Crippen LogP contribution in [0, 0.1) is 0 Å². The summed E-state index contributed by atoms with van der Waals surface area (Å²) in [5, 5.41) is 11.0. The number of aliphatic hydroxyl groups is 1. The summed E-state index contributed by atoms with van der Waals surface area (Å²) >= 11 is 0. The second-order valence-corrected chi connectivity index (χ2v) is 5.90. The summed E-state index contributed by atoms with van der Waals surface area (Å²) in [6, 6.07) is 9.17. The van der Waals surface area contributed by atoms with Gasteiger partial charge < -0.3 is 24.1 Å². The molecule has 0 amide bonds. The topological polar surface area (TPSA) is 69.5 Å². The minimum absolute atomic E-state index is 0.563. The number of hydrogen-bond donors (Lipinski definition) is 1. The molecule has 1 atom stereocenters. The van der Waals surface area contributed by atoms with Crippen LogP contribution in [0.3, 0.4) is 0 Å². The van der Waals surface area contributed by atoms with E-state index in [0.29, 0.717) is 40.8 Å². The first-order chi connectivity index (χ1) is 12.6. The average Bonchev–Trinajstić information content (AvgIpc) is 2.70. The third kappa shape index (κ3) is 3.20. The summed E-state index contributed by atoms with van der Waals surface area (Å²) in [4.78, 5) is 4.57. The number of nitrogens with zero attached hydrogens (tertiary/aromatic N) is 1. The molecule has 0 aliphatic carbocycles. The Hall–Kier alpha value is -2.73.